The Morgan fingerprint density at radius 2 is 2.29 bits per heavy atom. The van der Waals surface area contributed by atoms with Gasteiger partial charge in [-0.3, -0.25) is 9.20 Å². The van der Waals surface area contributed by atoms with Gasteiger partial charge < -0.3 is 5.73 Å². The minimum absolute atomic E-state index is 0.0564. The van der Waals surface area contributed by atoms with Crippen LogP contribution in [0.3, 0.4) is 0 Å². The summed E-state index contributed by atoms with van der Waals surface area (Å²) in [6, 6.07) is 6.99. The Hall–Kier alpha value is -1.68. The molecule has 4 heteroatoms. The topological polar surface area (TPSA) is 60.4 Å². The lowest BCUT2D eigenvalue weighted by molar-refractivity contribution is 0.901. The Kier molecular flexibility index (Phi) is 2.28. The van der Waals surface area contributed by atoms with Crippen LogP contribution in [0.2, 0.25) is 0 Å². The fourth-order valence-electron chi connectivity index (χ4n) is 1.38. The quantitative estimate of drug-likeness (QED) is 0.734. The van der Waals surface area contributed by atoms with Gasteiger partial charge in [0.05, 0.1) is 0 Å². The second-order valence-corrected chi connectivity index (χ2v) is 3.05. The maximum atomic E-state index is 11.6. The first-order valence-electron chi connectivity index (χ1n) is 4.48. The molecule has 0 amide bonds. The van der Waals surface area contributed by atoms with Gasteiger partial charge in [0.1, 0.15) is 5.65 Å². The molecule has 14 heavy (non-hydrogen) atoms. The van der Waals surface area contributed by atoms with Crippen LogP contribution in [0.25, 0.3) is 5.65 Å². The highest BCUT2D eigenvalue weighted by Crippen LogP contribution is 1.98. The van der Waals surface area contributed by atoms with Crippen molar-refractivity contribution in [3.8, 4) is 0 Å². The van der Waals surface area contributed by atoms with Crippen molar-refractivity contribution in [1.82, 2.24) is 9.38 Å². The van der Waals surface area contributed by atoms with E-state index in [4.69, 9.17) is 5.73 Å². The predicted octanol–water partition coefficient (Wildman–Crippen LogP) is 0.196. The lowest BCUT2D eigenvalue weighted by Gasteiger charge is -2.01. The summed E-state index contributed by atoms with van der Waals surface area (Å²) in [6.07, 6.45) is 2.34. The first-order valence-corrected chi connectivity index (χ1v) is 4.48. The van der Waals surface area contributed by atoms with Gasteiger partial charge in [0.15, 0.2) is 0 Å². The second-order valence-electron chi connectivity index (χ2n) is 3.05. The largest absolute Gasteiger partial charge is 0.330 e. The van der Waals surface area contributed by atoms with Gasteiger partial charge >= 0.3 is 0 Å². The van der Waals surface area contributed by atoms with E-state index < -0.39 is 0 Å². The van der Waals surface area contributed by atoms with Crippen molar-refractivity contribution in [1.29, 1.82) is 0 Å². The first-order chi connectivity index (χ1) is 6.81. The number of rotatable bonds is 2. The summed E-state index contributed by atoms with van der Waals surface area (Å²) < 4.78 is 1.51. The van der Waals surface area contributed by atoms with E-state index in [1.165, 1.54) is 10.5 Å². The van der Waals surface area contributed by atoms with E-state index in [0.29, 0.717) is 18.6 Å². The molecule has 0 bridgehead atoms. The minimum Gasteiger partial charge on any atom is -0.330 e. The minimum atomic E-state index is -0.0564. The molecule has 2 N–H and O–H groups in total. The lowest BCUT2D eigenvalue weighted by Crippen LogP contribution is -2.16. The molecule has 0 aliphatic carbocycles. The van der Waals surface area contributed by atoms with Crippen molar-refractivity contribution >= 4 is 5.65 Å². The van der Waals surface area contributed by atoms with Gasteiger partial charge in [-0.25, -0.2) is 4.98 Å². The average Bonchev–Trinajstić information content (AvgIpc) is 2.18. The summed E-state index contributed by atoms with van der Waals surface area (Å²) in [4.78, 5) is 15.9. The number of nitrogens with zero attached hydrogens (tertiary/aromatic N) is 2. The summed E-state index contributed by atoms with van der Waals surface area (Å²) >= 11 is 0. The smallest absolute Gasteiger partial charge is 0.258 e. The first kappa shape index (κ1) is 8.90. The van der Waals surface area contributed by atoms with E-state index >= 15 is 0 Å². The number of hydrogen-bond donors (Lipinski definition) is 1. The Bertz CT molecular complexity index is 504. The summed E-state index contributed by atoms with van der Waals surface area (Å²) in [5, 5.41) is 0. The molecule has 4 nitrogen and oxygen atoms in total. The van der Waals surface area contributed by atoms with Crippen molar-refractivity contribution < 1.29 is 0 Å². The lowest BCUT2D eigenvalue weighted by atomic mass is 10.3. The maximum absolute atomic E-state index is 11.6. The van der Waals surface area contributed by atoms with Gasteiger partial charge in [0, 0.05) is 24.4 Å². The SMILES string of the molecule is NCCc1cc(=O)n2ccccc2n1. The van der Waals surface area contributed by atoms with Crippen molar-refractivity contribution in [2.75, 3.05) is 6.54 Å². The standard InChI is InChI=1S/C10H11N3O/c11-5-4-8-7-10(14)13-6-2-1-3-9(13)12-8/h1-3,6-7H,4-5,11H2. The van der Waals surface area contributed by atoms with Crippen LogP contribution in [-0.4, -0.2) is 15.9 Å². The molecule has 2 aromatic heterocycles. The molecule has 0 aromatic carbocycles. The Balaban J connectivity index is 2.66. The summed E-state index contributed by atoms with van der Waals surface area (Å²) in [7, 11) is 0. The summed E-state index contributed by atoms with van der Waals surface area (Å²) in [5.74, 6) is 0. The van der Waals surface area contributed by atoms with E-state index in [2.05, 4.69) is 4.98 Å². The summed E-state index contributed by atoms with van der Waals surface area (Å²) in [6.45, 7) is 0.509. The third-order valence-electron chi connectivity index (χ3n) is 2.02. The van der Waals surface area contributed by atoms with Gasteiger partial charge in [0.2, 0.25) is 0 Å². The molecular formula is C10H11N3O. The predicted molar refractivity (Wildman–Crippen MR) is 54.2 cm³/mol. The molecule has 0 saturated carbocycles. The van der Waals surface area contributed by atoms with E-state index in [9.17, 15) is 4.79 Å². The zero-order valence-corrected chi connectivity index (χ0v) is 7.68. The van der Waals surface area contributed by atoms with E-state index in [0.717, 1.165) is 5.69 Å². The molecule has 0 aliphatic heterocycles. The zero-order valence-electron chi connectivity index (χ0n) is 7.68. The second kappa shape index (κ2) is 3.59. The molecule has 0 saturated heterocycles. The van der Waals surface area contributed by atoms with Crippen LogP contribution in [0, 0.1) is 0 Å². The molecule has 0 atom stereocenters. The molecular weight excluding hydrogens is 178 g/mol. The molecule has 0 radical (unpaired) electrons. The fourth-order valence-corrected chi connectivity index (χ4v) is 1.38. The third kappa shape index (κ3) is 1.52. The van der Waals surface area contributed by atoms with Crippen LogP contribution in [0.5, 0.6) is 0 Å². The highest BCUT2D eigenvalue weighted by Gasteiger charge is 1.99. The molecule has 0 spiro atoms. The molecule has 0 aliphatic rings. The highest BCUT2D eigenvalue weighted by molar-refractivity contribution is 5.37. The van der Waals surface area contributed by atoms with Crippen LogP contribution >= 0.6 is 0 Å². The van der Waals surface area contributed by atoms with Crippen molar-refractivity contribution in [3.05, 3.63) is 46.5 Å². The van der Waals surface area contributed by atoms with Crippen LogP contribution in [0.15, 0.2) is 35.3 Å². The van der Waals surface area contributed by atoms with Crippen LogP contribution in [0.1, 0.15) is 5.69 Å². The van der Waals surface area contributed by atoms with E-state index in [1.54, 1.807) is 18.3 Å². The van der Waals surface area contributed by atoms with Crippen molar-refractivity contribution in [2.24, 2.45) is 5.73 Å². The number of fused-ring (bicyclic) bond motifs is 1. The van der Waals surface area contributed by atoms with Gasteiger partial charge in [-0.15, -0.1) is 0 Å². The Morgan fingerprint density at radius 3 is 3.07 bits per heavy atom. The molecule has 72 valence electrons. The zero-order chi connectivity index (χ0) is 9.97. The average molecular weight is 189 g/mol. The van der Waals surface area contributed by atoms with Crippen molar-refractivity contribution in [2.45, 2.75) is 6.42 Å². The summed E-state index contributed by atoms with van der Waals surface area (Å²) in [5.41, 5.74) is 6.77. The molecule has 0 fully saturated rings. The molecule has 2 rings (SSSR count). The molecule has 2 aromatic rings. The molecule has 2 heterocycles. The van der Waals surface area contributed by atoms with E-state index in [-0.39, 0.29) is 5.56 Å². The Morgan fingerprint density at radius 1 is 1.43 bits per heavy atom. The number of nitrogens with two attached hydrogens (primary N) is 1. The normalized spacial score (nSPS) is 10.6. The van der Waals surface area contributed by atoms with Gasteiger partial charge in [-0.2, -0.15) is 0 Å². The monoisotopic (exact) mass is 189 g/mol. The fraction of sp³-hybridized carbons (Fsp3) is 0.200. The van der Waals surface area contributed by atoms with Crippen molar-refractivity contribution in [3.63, 3.8) is 0 Å². The maximum Gasteiger partial charge on any atom is 0.258 e. The van der Waals surface area contributed by atoms with Gasteiger partial charge in [-0.05, 0) is 18.7 Å². The van der Waals surface area contributed by atoms with Gasteiger partial charge in [0.25, 0.3) is 5.56 Å². The Labute approximate surface area is 81.0 Å². The number of aromatic nitrogens is 2. The third-order valence-corrected chi connectivity index (χ3v) is 2.02. The van der Waals surface area contributed by atoms with Gasteiger partial charge in [-0.1, -0.05) is 6.07 Å². The number of pyridine rings is 1. The van der Waals surface area contributed by atoms with Crippen LogP contribution in [-0.2, 0) is 6.42 Å². The highest BCUT2D eigenvalue weighted by atomic mass is 16.1. The van der Waals surface area contributed by atoms with Crippen LogP contribution < -0.4 is 11.3 Å². The van der Waals surface area contributed by atoms with Crippen LogP contribution in [0.4, 0.5) is 0 Å². The number of hydrogen-bond acceptors (Lipinski definition) is 3. The van der Waals surface area contributed by atoms with E-state index in [1.807, 2.05) is 6.07 Å². The molecule has 0 unspecified atom stereocenters.